The zero-order valence-corrected chi connectivity index (χ0v) is 19.7. The number of methoxy groups -OCH3 is 1. The Balaban J connectivity index is 1.50. The summed E-state index contributed by atoms with van der Waals surface area (Å²) in [5, 5.41) is 9.41. The minimum Gasteiger partial charge on any atom is -0.496 e. The van der Waals surface area contributed by atoms with E-state index in [1.807, 2.05) is 48.8 Å². The molecule has 0 saturated heterocycles. The van der Waals surface area contributed by atoms with Crippen molar-refractivity contribution in [3.8, 4) is 17.0 Å². The van der Waals surface area contributed by atoms with Gasteiger partial charge in [0, 0.05) is 42.0 Å². The summed E-state index contributed by atoms with van der Waals surface area (Å²) in [7, 11) is 1.57. The Morgan fingerprint density at radius 3 is 2.71 bits per heavy atom. The van der Waals surface area contributed by atoms with Crippen LogP contribution in [0.25, 0.3) is 27.7 Å². The molecule has 1 aromatic carbocycles. The lowest BCUT2D eigenvalue weighted by Gasteiger charge is -2.18. The molecule has 4 aromatic heterocycles. The van der Waals surface area contributed by atoms with E-state index in [-0.39, 0.29) is 5.56 Å². The fourth-order valence-electron chi connectivity index (χ4n) is 4.09. The van der Waals surface area contributed by atoms with Gasteiger partial charge in [-0.2, -0.15) is 4.39 Å². The topological polar surface area (TPSA) is 88.6 Å². The first-order chi connectivity index (χ1) is 17.1. The van der Waals surface area contributed by atoms with Crippen LogP contribution < -0.4 is 4.74 Å². The molecule has 0 radical (unpaired) electrons. The summed E-state index contributed by atoms with van der Waals surface area (Å²) in [4.78, 5) is 8.34. The van der Waals surface area contributed by atoms with E-state index in [1.54, 1.807) is 36.4 Å². The van der Waals surface area contributed by atoms with E-state index in [2.05, 4.69) is 20.3 Å². The van der Waals surface area contributed by atoms with Crippen molar-refractivity contribution in [1.29, 1.82) is 0 Å². The van der Waals surface area contributed by atoms with Crippen molar-refractivity contribution >= 4 is 16.4 Å². The minimum atomic E-state index is -0.823. The first-order valence-corrected chi connectivity index (χ1v) is 11.3. The maximum atomic E-state index is 14.8. The maximum absolute atomic E-state index is 14.8. The van der Waals surface area contributed by atoms with Gasteiger partial charge in [0.05, 0.1) is 49.0 Å². The highest BCUT2D eigenvalue weighted by molar-refractivity contribution is 5.82. The maximum Gasteiger partial charge on any atom is 0.221 e. The third kappa shape index (κ3) is 4.45. The number of nitrogens with zero attached hydrogens (tertiary/aromatic N) is 6. The Hall–Kier alpha value is -3.89. The van der Waals surface area contributed by atoms with E-state index in [1.165, 1.54) is 0 Å². The van der Waals surface area contributed by atoms with Crippen LogP contribution in [0.15, 0.2) is 55.2 Å². The molecule has 5 rings (SSSR count). The fraction of sp³-hybridized carbons (Fsp3) is 0.280. The molecule has 0 N–H and O–H groups in total. The third-order valence-corrected chi connectivity index (χ3v) is 5.69. The van der Waals surface area contributed by atoms with Gasteiger partial charge in [0.1, 0.15) is 11.4 Å². The SMILES string of the molecule is CCOC(OCC)c1cc2cc(Cn3cc(-c4cccn5cncc45)nn3)c(OC)cc2nc1F. The molecule has 5 aromatic rings. The number of hydrogen-bond donors (Lipinski definition) is 0. The lowest BCUT2D eigenvalue weighted by atomic mass is 10.1. The van der Waals surface area contributed by atoms with Gasteiger partial charge in [-0.15, -0.1) is 5.10 Å². The second-order valence-electron chi connectivity index (χ2n) is 7.88. The van der Waals surface area contributed by atoms with Crippen molar-refractivity contribution in [2.45, 2.75) is 26.7 Å². The van der Waals surface area contributed by atoms with Crippen LogP contribution in [-0.4, -0.2) is 49.7 Å². The van der Waals surface area contributed by atoms with Gasteiger partial charge >= 0.3 is 0 Å². The molecule has 0 aliphatic rings. The number of benzene rings is 1. The van der Waals surface area contributed by atoms with Gasteiger partial charge < -0.3 is 18.6 Å². The molecule has 0 aliphatic heterocycles. The molecule has 0 saturated carbocycles. The molecule has 0 aliphatic carbocycles. The van der Waals surface area contributed by atoms with Crippen LogP contribution in [0.1, 0.15) is 31.3 Å². The Morgan fingerprint density at radius 2 is 1.94 bits per heavy atom. The Labute approximate surface area is 201 Å². The van der Waals surface area contributed by atoms with Crippen LogP contribution in [0, 0.1) is 5.95 Å². The number of ether oxygens (including phenoxy) is 3. The lowest BCUT2D eigenvalue weighted by molar-refractivity contribution is -0.142. The third-order valence-electron chi connectivity index (χ3n) is 5.69. The van der Waals surface area contributed by atoms with E-state index >= 15 is 0 Å². The van der Waals surface area contributed by atoms with Gasteiger partial charge in [-0.25, -0.2) is 14.6 Å². The monoisotopic (exact) mass is 476 g/mol. The normalized spacial score (nSPS) is 11.7. The van der Waals surface area contributed by atoms with Crippen molar-refractivity contribution < 1.29 is 18.6 Å². The van der Waals surface area contributed by atoms with Gasteiger partial charge in [0.15, 0.2) is 6.29 Å². The van der Waals surface area contributed by atoms with E-state index in [4.69, 9.17) is 14.2 Å². The van der Waals surface area contributed by atoms with Crippen molar-refractivity contribution in [3.63, 3.8) is 0 Å². The van der Waals surface area contributed by atoms with E-state index in [0.29, 0.717) is 31.0 Å². The summed E-state index contributed by atoms with van der Waals surface area (Å²) in [6.07, 6.45) is 6.53. The molecule has 9 nitrogen and oxygen atoms in total. The second kappa shape index (κ2) is 9.77. The largest absolute Gasteiger partial charge is 0.496 e. The Kier molecular flexibility index (Phi) is 6.39. The summed E-state index contributed by atoms with van der Waals surface area (Å²) >= 11 is 0. The van der Waals surface area contributed by atoms with Gasteiger partial charge in [-0.3, -0.25) is 0 Å². The molecule has 4 heterocycles. The zero-order valence-electron chi connectivity index (χ0n) is 19.7. The molecular formula is C25H25FN6O3. The van der Waals surface area contributed by atoms with Crippen molar-refractivity contribution in [2.75, 3.05) is 20.3 Å². The van der Waals surface area contributed by atoms with Crippen molar-refractivity contribution in [3.05, 3.63) is 72.3 Å². The van der Waals surface area contributed by atoms with Crippen LogP contribution in [0.5, 0.6) is 5.75 Å². The number of aromatic nitrogens is 6. The highest BCUT2D eigenvalue weighted by Crippen LogP contribution is 2.30. The van der Waals surface area contributed by atoms with Crippen LogP contribution in [0.3, 0.4) is 0 Å². The number of imidazole rings is 1. The number of hydrogen-bond acceptors (Lipinski definition) is 7. The highest BCUT2D eigenvalue weighted by Gasteiger charge is 2.20. The first kappa shape index (κ1) is 22.9. The number of pyridine rings is 2. The fourth-order valence-corrected chi connectivity index (χ4v) is 4.09. The molecule has 180 valence electrons. The number of rotatable bonds is 9. The molecule has 10 heteroatoms. The molecule has 0 amide bonds. The lowest BCUT2D eigenvalue weighted by Crippen LogP contribution is -2.12. The average molecular weight is 477 g/mol. The molecule has 35 heavy (non-hydrogen) atoms. The highest BCUT2D eigenvalue weighted by atomic mass is 19.1. The summed E-state index contributed by atoms with van der Waals surface area (Å²) in [6, 6.07) is 9.27. The number of fused-ring (bicyclic) bond motifs is 2. The van der Waals surface area contributed by atoms with Gasteiger partial charge in [0.25, 0.3) is 0 Å². The number of halogens is 1. The molecule has 0 atom stereocenters. The molecule has 0 bridgehead atoms. The summed E-state index contributed by atoms with van der Waals surface area (Å²) in [5.74, 6) is -0.0487. The predicted molar refractivity (Wildman–Crippen MR) is 128 cm³/mol. The van der Waals surface area contributed by atoms with Gasteiger partial charge in [-0.1, -0.05) is 5.21 Å². The Bertz CT molecular complexity index is 1480. The quantitative estimate of drug-likeness (QED) is 0.230. The van der Waals surface area contributed by atoms with E-state index < -0.39 is 12.2 Å². The molecule has 0 spiro atoms. The van der Waals surface area contributed by atoms with Crippen molar-refractivity contribution in [1.82, 2.24) is 29.4 Å². The summed E-state index contributed by atoms with van der Waals surface area (Å²) in [6.45, 7) is 4.85. The molecular weight excluding hydrogens is 451 g/mol. The summed E-state index contributed by atoms with van der Waals surface area (Å²) < 4.78 is 35.2. The van der Waals surface area contributed by atoms with Crippen LogP contribution in [0.2, 0.25) is 0 Å². The zero-order chi connectivity index (χ0) is 24.4. The smallest absolute Gasteiger partial charge is 0.221 e. The standard InChI is InChI=1S/C25H25FN6O3/c1-4-34-25(35-5-2)19-10-16-9-17(23(33-3)11-20(16)28-24(19)26)13-32-14-21(29-30-32)18-7-6-8-31-15-27-12-22(18)31/h6-12,14-15,25H,4-5,13H2,1-3H3. The van der Waals surface area contributed by atoms with Gasteiger partial charge in [-0.05, 0) is 38.1 Å². The van der Waals surface area contributed by atoms with Crippen LogP contribution >= 0.6 is 0 Å². The van der Waals surface area contributed by atoms with Crippen LogP contribution in [-0.2, 0) is 16.0 Å². The van der Waals surface area contributed by atoms with Gasteiger partial charge in [0.2, 0.25) is 5.95 Å². The Morgan fingerprint density at radius 1 is 1.11 bits per heavy atom. The first-order valence-electron chi connectivity index (χ1n) is 11.3. The molecule has 0 unspecified atom stereocenters. The predicted octanol–water partition coefficient (Wildman–Crippen LogP) is 4.41. The van der Waals surface area contributed by atoms with Crippen LogP contribution in [0.4, 0.5) is 4.39 Å². The molecule has 0 fully saturated rings. The van der Waals surface area contributed by atoms with E-state index in [9.17, 15) is 4.39 Å². The average Bonchev–Trinajstić information content (AvgIpc) is 3.53. The van der Waals surface area contributed by atoms with Crippen molar-refractivity contribution in [2.24, 2.45) is 0 Å². The second-order valence-corrected chi connectivity index (χ2v) is 7.88. The summed E-state index contributed by atoms with van der Waals surface area (Å²) in [5.41, 5.74) is 4.20. The minimum absolute atomic E-state index is 0.259. The van der Waals surface area contributed by atoms with E-state index in [0.717, 1.165) is 27.7 Å².